The summed E-state index contributed by atoms with van der Waals surface area (Å²) in [6, 6.07) is 7.04. The third-order valence-corrected chi connectivity index (χ3v) is 4.53. The van der Waals surface area contributed by atoms with Crippen molar-refractivity contribution in [3.05, 3.63) is 39.9 Å². The first kappa shape index (κ1) is 15.4. The first-order valence-electron chi connectivity index (χ1n) is 8.01. The van der Waals surface area contributed by atoms with Crippen LogP contribution in [0.5, 0.6) is 0 Å². The van der Waals surface area contributed by atoms with Gasteiger partial charge in [0, 0.05) is 57.5 Å². The van der Waals surface area contributed by atoms with Gasteiger partial charge in [-0.1, -0.05) is 18.2 Å². The largest absolute Gasteiger partial charge is 0.377 e. The Hall–Kier alpha value is -1.50. The Morgan fingerprint density at radius 1 is 1.18 bits per heavy atom. The van der Waals surface area contributed by atoms with E-state index in [0.29, 0.717) is 12.6 Å². The molecule has 1 unspecified atom stereocenters. The molecular weight excluding hydrogens is 282 g/mol. The van der Waals surface area contributed by atoms with Gasteiger partial charge in [0.25, 0.3) is 5.69 Å². The van der Waals surface area contributed by atoms with Crippen LogP contribution in [0.4, 0.5) is 5.69 Å². The average molecular weight is 305 g/mol. The molecule has 1 atom stereocenters. The SMILES string of the molecule is O=[N+]([O-])c1ccccc1CN1CCN(CC2CCCO2)CC1. The second-order valence-corrected chi connectivity index (χ2v) is 6.10. The number of hydrogen-bond acceptors (Lipinski definition) is 5. The Labute approximate surface area is 130 Å². The van der Waals surface area contributed by atoms with Crippen molar-refractivity contribution in [1.29, 1.82) is 0 Å². The Balaban J connectivity index is 1.50. The first-order chi connectivity index (χ1) is 10.7. The number of hydrogen-bond donors (Lipinski definition) is 0. The van der Waals surface area contributed by atoms with Crippen LogP contribution in [0.1, 0.15) is 18.4 Å². The minimum atomic E-state index is -0.289. The molecule has 1 aromatic carbocycles. The van der Waals surface area contributed by atoms with Crippen LogP contribution >= 0.6 is 0 Å². The summed E-state index contributed by atoms with van der Waals surface area (Å²) in [4.78, 5) is 15.5. The summed E-state index contributed by atoms with van der Waals surface area (Å²) in [7, 11) is 0. The van der Waals surface area contributed by atoms with E-state index in [0.717, 1.165) is 44.9 Å². The van der Waals surface area contributed by atoms with E-state index in [1.54, 1.807) is 12.1 Å². The van der Waals surface area contributed by atoms with Crippen LogP contribution in [0, 0.1) is 10.1 Å². The van der Waals surface area contributed by atoms with Gasteiger partial charge in [0.05, 0.1) is 11.0 Å². The molecule has 0 aromatic heterocycles. The van der Waals surface area contributed by atoms with E-state index < -0.39 is 0 Å². The molecule has 2 aliphatic rings. The van der Waals surface area contributed by atoms with Gasteiger partial charge in [-0.15, -0.1) is 0 Å². The maximum Gasteiger partial charge on any atom is 0.273 e. The predicted octanol–water partition coefficient (Wildman–Crippen LogP) is 1.89. The van der Waals surface area contributed by atoms with Crippen LogP contribution in [0.2, 0.25) is 0 Å². The standard InChI is InChI=1S/C16H23N3O3/c20-19(21)16-6-2-1-4-14(16)12-17-7-9-18(10-8-17)13-15-5-3-11-22-15/h1-2,4,6,15H,3,5,7-13H2. The molecule has 120 valence electrons. The van der Waals surface area contributed by atoms with Gasteiger partial charge in [0.2, 0.25) is 0 Å². The quantitative estimate of drug-likeness (QED) is 0.614. The molecule has 0 N–H and O–H groups in total. The van der Waals surface area contributed by atoms with E-state index in [2.05, 4.69) is 9.80 Å². The van der Waals surface area contributed by atoms with Crippen LogP contribution < -0.4 is 0 Å². The van der Waals surface area contributed by atoms with Crippen LogP contribution in [-0.2, 0) is 11.3 Å². The maximum atomic E-state index is 11.1. The zero-order chi connectivity index (χ0) is 15.4. The Bertz CT molecular complexity index is 509. The van der Waals surface area contributed by atoms with Crippen LogP contribution in [0.25, 0.3) is 0 Å². The highest BCUT2D eigenvalue weighted by Gasteiger charge is 2.24. The molecule has 0 amide bonds. The molecular formula is C16H23N3O3. The highest BCUT2D eigenvalue weighted by Crippen LogP contribution is 2.20. The lowest BCUT2D eigenvalue weighted by molar-refractivity contribution is -0.385. The Morgan fingerprint density at radius 2 is 1.91 bits per heavy atom. The van der Waals surface area contributed by atoms with Crippen molar-refractivity contribution < 1.29 is 9.66 Å². The molecule has 6 nitrogen and oxygen atoms in total. The van der Waals surface area contributed by atoms with E-state index in [4.69, 9.17) is 4.74 Å². The molecule has 0 aliphatic carbocycles. The highest BCUT2D eigenvalue weighted by atomic mass is 16.6. The van der Waals surface area contributed by atoms with E-state index >= 15 is 0 Å². The summed E-state index contributed by atoms with van der Waals surface area (Å²) < 4.78 is 5.69. The average Bonchev–Trinajstić information content (AvgIpc) is 3.02. The predicted molar refractivity (Wildman–Crippen MR) is 83.8 cm³/mol. The van der Waals surface area contributed by atoms with Crippen molar-refractivity contribution in [1.82, 2.24) is 9.80 Å². The number of rotatable bonds is 5. The van der Waals surface area contributed by atoms with Crippen molar-refractivity contribution >= 4 is 5.69 Å². The van der Waals surface area contributed by atoms with Gasteiger partial charge < -0.3 is 4.74 Å². The van der Waals surface area contributed by atoms with Gasteiger partial charge >= 0.3 is 0 Å². The summed E-state index contributed by atoms with van der Waals surface area (Å²) in [6.07, 6.45) is 2.76. The molecule has 0 saturated carbocycles. The normalized spacial score (nSPS) is 23.7. The summed E-state index contributed by atoms with van der Waals surface area (Å²) in [5, 5.41) is 11.1. The minimum absolute atomic E-state index is 0.226. The topological polar surface area (TPSA) is 58.9 Å². The lowest BCUT2D eigenvalue weighted by atomic mass is 10.1. The van der Waals surface area contributed by atoms with Gasteiger partial charge in [-0.2, -0.15) is 0 Å². The molecule has 2 fully saturated rings. The fourth-order valence-electron chi connectivity index (χ4n) is 3.27. The van der Waals surface area contributed by atoms with Gasteiger partial charge in [0.1, 0.15) is 0 Å². The van der Waals surface area contributed by atoms with E-state index in [1.165, 1.54) is 12.8 Å². The van der Waals surface area contributed by atoms with Crippen molar-refractivity contribution in [3.8, 4) is 0 Å². The molecule has 6 heteroatoms. The molecule has 3 rings (SSSR count). The number of nitro benzene ring substituents is 1. The zero-order valence-corrected chi connectivity index (χ0v) is 12.8. The van der Waals surface area contributed by atoms with Crippen molar-refractivity contribution in [2.45, 2.75) is 25.5 Å². The second-order valence-electron chi connectivity index (χ2n) is 6.10. The number of benzene rings is 1. The molecule has 1 aromatic rings. The molecule has 0 spiro atoms. The third-order valence-electron chi connectivity index (χ3n) is 4.53. The van der Waals surface area contributed by atoms with Crippen molar-refractivity contribution in [2.75, 3.05) is 39.3 Å². The lowest BCUT2D eigenvalue weighted by Crippen LogP contribution is -2.48. The van der Waals surface area contributed by atoms with Gasteiger partial charge in [0.15, 0.2) is 0 Å². The molecule has 0 radical (unpaired) electrons. The summed E-state index contributed by atoms with van der Waals surface area (Å²) in [5.41, 5.74) is 1.03. The Kier molecular flexibility index (Phi) is 5.02. The second kappa shape index (κ2) is 7.17. The molecule has 22 heavy (non-hydrogen) atoms. The molecule has 0 bridgehead atoms. The smallest absolute Gasteiger partial charge is 0.273 e. The first-order valence-corrected chi connectivity index (χ1v) is 8.01. The van der Waals surface area contributed by atoms with E-state index in [1.807, 2.05) is 12.1 Å². The summed E-state index contributed by atoms with van der Waals surface area (Å²) in [5.74, 6) is 0. The summed E-state index contributed by atoms with van der Waals surface area (Å²) in [6.45, 7) is 6.53. The minimum Gasteiger partial charge on any atom is -0.377 e. The fraction of sp³-hybridized carbons (Fsp3) is 0.625. The molecule has 2 heterocycles. The zero-order valence-electron chi connectivity index (χ0n) is 12.8. The van der Waals surface area contributed by atoms with Crippen molar-refractivity contribution in [3.63, 3.8) is 0 Å². The van der Waals surface area contributed by atoms with Crippen LogP contribution in [-0.4, -0.2) is 60.2 Å². The summed E-state index contributed by atoms with van der Waals surface area (Å²) >= 11 is 0. The number of para-hydroxylation sites is 1. The fourth-order valence-corrected chi connectivity index (χ4v) is 3.27. The lowest BCUT2D eigenvalue weighted by Gasteiger charge is -2.35. The number of nitro groups is 1. The number of nitrogens with zero attached hydrogens (tertiary/aromatic N) is 3. The van der Waals surface area contributed by atoms with E-state index in [9.17, 15) is 10.1 Å². The van der Waals surface area contributed by atoms with E-state index in [-0.39, 0.29) is 10.6 Å². The van der Waals surface area contributed by atoms with Crippen molar-refractivity contribution in [2.24, 2.45) is 0 Å². The van der Waals surface area contributed by atoms with Crippen LogP contribution in [0.3, 0.4) is 0 Å². The van der Waals surface area contributed by atoms with Crippen LogP contribution in [0.15, 0.2) is 24.3 Å². The third kappa shape index (κ3) is 3.82. The van der Waals surface area contributed by atoms with Gasteiger partial charge in [-0.05, 0) is 12.8 Å². The molecule has 2 saturated heterocycles. The van der Waals surface area contributed by atoms with Gasteiger partial charge in [-0.3, -0.25) is 19.9 Å². The Morgan fingerprint density at radius 3 is 2.59 bits per heavy atom. The van der Waals surface area contributed by atoms with Gasteiger partial charge in [-0.25, -0.2) is 0 Å². The molecule has 2 aliphatic heterocycles. The highest BCUT2D eigenvalue weighted by molar-refractivity contribution is 5.39. The number of piperazine rings is 1. The number of ether oxygens (including phenoxy) is 1. The monoisotopic (exact) mass is 305 g/mol. The maximum absolute atomic E-state index is 11.1.